The first-order chi connectivity index (χ1) is 11.4. The summed E-state index contributed by atoms with van der Waals surface area (Å²) in [6.45, 7) is 10.4. The third-order valence-corrected chi connectivity index (χ3v) is 6.66. The van der Waals surface area contributed by atoms with Gasteiger partial charge in [-0.15, -0.1) is 0 Å². The molecule has 1 heterocycles. The molecule has 0 aliphatic heterocycles. The molecule has 0 radical (unpaired) electrons. The second-order valence-corrected chi connectivity index (χ2v) is 10.5. The fourth-order valence-corrected chi connectivity index (χ4v) is 3.46. The van der Waals surface area contributed by atoms with Crippen molar-refractivity contribution in [3.63, 3.8) is 0 Å². The average molecular weight is 372 g/mol. The van der Waals surface area contributed by atoms with Crippen molar-refractivity contribution in [2.75, 3.05) is 26.4 Å². The standard InChI is InChI=1S/C17H33N5O2S/c1-13(2)15-14(12-22(8)20-15)11-21(7)16(18-6)19-9-10-25(23,24)17(3,4)5/h12-13H,9-11H2,1-8H3,(H,18,19). The number of aryl methyl sites for hydroxylation is 1. The van der Waals surface area contributed by atoms with E-state index in [0.717, 1.165) is 11.3 Å². The second-order valence-electron chi connectivity index (χ2n) is 7.63. The highest BCUT2D eigenvalue weighted by atomic mass is 32.2. The van der Waals surface area contributed by atoms with Crippen LogP contribution in [0.2, 0.25) is 0 Å². The lowest BCUT2D eigenvalue weighted by atomic mass is 10.1. The maximum atomic E-state index is 12.2. The SMILES string of the molecule is CN=C(NCCS(=O)(=O)C(C)(C)C)N(C)Cc1cn(C)nc1C(C)C. The predicted molar refractivity (Wildman–Crippen MR) is 104 cm³/mol. The molecule has 0 aliphatic rings. The van der Waals surface area contributed by atoms with Crippen LogP contribution in [0.1, 0.15) is 51.8 Å². The monoisotopic (exact) mass is 371 g/mol. The molecule has 0 amide bonds. The molecule has 0 saturated heterocycles. The topological polar surface area (TPSA) is 79.6 Å². The first kappa shape index (κ1) is 21.5. The number of nitrogens with one attached hydrogen (secondary N) is 1. The molecule has 0 unspecified atom stereocenters. The molecule has 1 N–H and O–H groups in total. The maximum absolute atomic E-state index is 12.2. The van der Waals surface area contributed by atoms with E-state index in [1.54, 1.807) is 27.8 Å². The molecule has 0 aromatic carbocycles. The van der Waals surface area contributed by atoms with Crippen LogP contribution in [-0.2, 0) is 23.4 Å². The number of aliphatic imine (C=N–C) groups is 1. The van der Waals surface area contributed by atoms with Crippen LogP contribution in [0, 0.1) is 0 Å². The highest BCUT2D eigenvalue weighted by molar-refractivity contribution is 7.92. The predicted octanol–water partition coefficient (Wildman–Crippen LogP) is 1.76. The molecule has 0 spiro atoms. The van der Waals surface area contributed by atoms with Crippen LogP contribution in [-0.4, -0.2) is 60.2 Å². The van der Waals surface area contributed by atoms with Crippen LogP contribution in [0.4, 0.5) is 0 Å². The van der Waals surface area contributed by atoms with Crippen LogP contribution < -0.4 is 5.32 Å². The lowest BCUT2D eigenvalue weighted by molar-refractivity contribution is 0.475. The van der Waals surface area contributed by atoms with Gasteiger partial charge < -0.3 is 10.2 Å². The number of hydrogen-bond acceptors (Lipinski definition) is 4. The highest BCUT2D eigenvalue weighted by Gasteiger charge is 2.28. The van der Waals surface area contributed by atoms with Gasteiger partial charge in [-0.3, -0.25) is 9.67 Å². The Labute approximate surface area is 152 Å². The van der Waals surface area contributed by atoms with Crippen molar-refractivity contribution < 1.29 is 8.42 Å². The van der Waals surface area contributed by atoms with Gasteiger partial charge in [-0.05, 0) is 26.7 Å². The first-order valence-corrected chi connectivity index (χ1v) is 10.2. The van der Waals surface area contributed by atoms with Gasteiger partial charge in [0.15, 0.2) is 15.8 Å². The summed E-state index contributed by atoms with van der Waals surface area (Å²) in [4.78, 5) is 6.24. The molecule has 7 nitrogen and oxygen atoms in total. The molecule has 0 atom stereocenters. The Balaban J connectivity index is 2.72. The molecule has 25 heavy (non-hydrogen) atoms. The molecule has 0 saturated carbocycles. The van der Waals surface area contributed by atoms with E-state index in [4.69, 9.17) is 0 Å². The molecule has 8 heteroatoms. The fraction of sp³-hybridized carbons (Fsp3) is 0.765. The van der Waals surface area contributed by atoms with E-state index in [9.17, 15) is 8.42 Å². The van der Waals surface area contributed by atoms with Gasteiger partial charge in [0.2, 0.25) is 0 Å². The number of nitrogens with zero attached hydrogens (tertiary/aromatic N) is 4. The second kappa shape index (κ2) is 8.21. The quantitative estimate of drug-likeness (QED) is 0.609. The van der Waals surface area contributed by atoms with Crippen molar-refractivity contribution in [3.05, 3.63) is 17.5 Å². The summed E-state index contributed by atoms with van der Waals surface area (Å²) in [5.41, 5.74) is 2.21. The summed E-state index contributed by atoms with van der Waals surface area (Å²) >= 11 is 0. The van der Waals surface area contributed by atoms with Crippen LogP contribution in [0.25, 0.3) is 0 Å². The lowest BCUT2D eigenvalue weighted by Crippen LogP contribution is -2.42. The smallest absolute Gasteiger partial charge is 0.193 e. The van der Waals surface area contributed by atoms with Gasteiger partial charge in [-0.2, -0.15) is 5.10 Å². The lowest BCUT2D eigenvalue weighted by Gasteiger charge is -2.24. The molecule has 144 valence electrons. The minimum atomic E-state index is -3.15. The van der Waals surface area contributed by atoms with E-state index in [1.165, 1.54) is 0 Å². The van der Waals surface area contributed by atoms with Crippen molar-refractivity contribution in [1.82, 2.24) is 20.0 Å². The Morgan fingerprint density at radius 2 is 2.00 bits per heavy atom. The maximum Gasteiger partial charge on any atom is 0.193 e. The summed E-state index contributed by atoms with van der Waals surface area (Å²) in [6.07, 6.45) is 2.02. The summed E-state index contributed by atoms with van der Waals surface area (Å²) in [5.74, 6) is 1.09. The normalized spacial score (nSPS) is 13.4. The average Bonchev–Trinajstić information content (AvgIpc) is 2.83. The number of rotatable bonds is 6. The van der Waals surface area contributed by atoms with E-state index in [0.29, 0.717) is 25.0 Å². The summed E-state index contributed by atoms with van der Waals surface area (Å²) < 4.78 is 25.5. The van der Waals surface area contributed by atoms with Crippen molar-refractivity contribution in [3.8, 4) is 0 Å². The molecule has 1 aromatic heterocycles. The first-order valence-electron chi connectivity index (χ1n) is 8.55. The number of sulfone groups is 1. The molecule has 0 fully saturated rings. The van der Waals surface area contributed by atoms with E-state index in [-0.39, 0.29) is 5.75 Å². The summed E-state index contributed by atoms with van der Waals surface area (Å²) in [7, 11) is 2.40. The fourth-order valence-electron chi connectivity index (χ4n) is 2.48. The number of guanidine groups is 1. The van der Waals surface area contributed by atoms with E-state index in [1.807, 2.05) is 29.9 Å². The van der Waals surface area contributed by atoms with E-state index >= 15 is 0 Å². The zero-order chi connectivity index (χ0) is 19.4. The van der Waals surface area contributed by atoms with Gasteiger partial charge in [-0.25, -0.2) is 8.42 Å². The van der Waals surface area contributed by atoms with Crippen molar-refractivity contribution >= 4 is 15.8 Å². The molecule has 0 aliphatic carbocycles. The molecular formula is C17H33N5O2S. The zero-order valence-corrected chi connectivity index (χ0v) is 17.6. The van der Waals surface area contributed by atoms with Crippen LogP contribution >= 0.6 is 0 Å². The molecular weight excluding hydrogens is 338 g/mol. The van der Waals surface area contributed by atoms with Crippen LogP contribution in [0.3, 0.4) is 0 Å². The third kappa shape index (κ3) is 5.73. The summed E-state index contributed by atoms with van der Waals surface area (Å²) in [6, 6.07) is 0. The van der Waals surface area contributed by atoms with Gasteiger partial charge >= 0.3 is 0 Å². The van der Waals surface area contributed by atoms with Gasteiger partial charge in [0.1, 0.15) is 0 Å². The van der Waals surface area contributed by atoms with Gasteiger partial charge in [-0.1, -0.05) is 13.8 Å². The van der Waals surface area contributed by atoms with Gasteiger partial charge in [0, 0.05) is 46.0 Å². The molecule has 0 bridgehead atoms. The van der Waals surface area contributed by atoms with Gasteiger partial charge in [0.25, 0.3) is 0 Å². The van der Waals surface area contributed by atoms with Crippen LogP contribution in [0.5, 0.6) is 0 Å². The number of aromatic nitrogens is 2. The Bertz CT molecular complexity index is 699. The van der Waals surface area contributed by atoms with Crippen molar-refractivity contribution in [2.45, 2.75) is 51.8 Å². The third-order valence-electron chi connectivity index (χ3n) is 4.05. The minimum absolute atomic E-state index is 0.0769. The van der Waals surface area contributed by atoms with E-state index in [2.05, 4.69) is 29.3 Å². The van der Waals surface area contributed by atoms with E-state index < -0.39 is 14.6 Å². The number of hydrogen-bond donors (Lipinski definition) is 1. The van der Waals surface area contributed by atoms with Gasteiger partial charge in [0.05, 0.1) is 16.2 Å². The summed E-state index contributed by atoms with van der Waals surface area (Å²) in [5, 5.41) is 7.66. The molecule has 1 rings (SSSR count). The molecule has 1 aromatic rings. The van der Waals surface area contributed by atoms with Crippen molar-refractivity contribution in [1.29, 1.82) is 0 Å². The Hall–Kier alpha value is -1.57. The highest BCUT2D eigenvalue weighted by Crippen LogP contribution is 2.18. The van der Waals surface area contributed by atoms with Crippen molar-refractivity contribution in [2.24, 2.45) is 12.0 Å². The largest absolute Gasteiger partial charge is 0.355 e. The van der Waals surface area contributed by atoms with Crippen LogP contribution in [0.15, 0.2) is 11.2 Å². The minimum Gasteiger partial charge on any atom is -0.355 e. The Kier molecular flexibility index (Phi) is 7.05. The zero-order valence-electron chi connectivity index (χ0n) is 16.8. The Morgan fingerprint density at radius 1 is 1.40 bits per heavy atom. The Morgan fingerprint density at radius 3 is 2.48 bits per heavy atom.